The Labute approximate surface area is 233 Å². The minimum Gasteiger partial charge on any atom is -0.490 e. The Morgan fingerprint density at radius 3 is 2.45 bits per heavy atom. The van der Waals surface area contributed by atoms with Crippen LogP contribution in [0, 0.1) is 0 Å². The van der Waals surface area contributed by atoms with E-state index < -0.39 is 24.0 Å². The number of carboxylic acids is 1. The molecule has 0 aliphatic heterocycles. The van der Waals surface area contributed by atoms with Crippen molar-refractivity contribution in [3.8, 4) is 11.5 Å². The van der Waals surface area contributed by atoms with E-state index in [0.717, 1.165) is 10.8 Å². The van der Waals surface area contributed by atoms with Crippen LogP contribution in [-0.2, 0) is 9.59 Å². The number of carbonyl (C=O) groups is 2. The molecule has 0 bridgehead atoms. The first-order valence-electron chi connectivity index (χ1n) is 13.1. The van der Waals surface area contributed by atoms with E-state index in [-0.39, 0.29) is 12.5 Å². The van der Waals surface area contributed by atoms with E-state index in [1.54, 1.807) is 54.9 Å². The second kappa shape index (κ2) is 12.9. The summed E-state index contributed by atoms with van der Waals surface area (Å²) in [6.07, 6.45) is 3.07. The first kappa shape index (κ1) is 28.4. The van der Waals surface area contributed by atoms with Crippen molar-refractivity contribution in [1.29, 1.82) is 0 Å². The maximum absolute atomic E-state index is 14.0. The van der Waals surface area contributed by atoms with Crippen LogP contribution in [0.3, 0.4) is 0 Å². The number of fused-ring (bicyclic) bond motifs is 1. The zero-order valence-corrected chi connectivity index (χ0v) is 22.8. The molecule has 0 saturated heterocycles. The van der Waals surface area contributed by atoms with Crippen LogP contribution in [0.4, 0.5) is 5.69 Å². The first-order valence-corrected chi connectivity index (χ1v) is 13.1. The van der Waals surface area contributed by atoms with Gasteiger partial charge in [0.2, 0.25) is 5.91 Å². The number of aliphatic carboxylic acids is 1. The number of hydrogen-bond donors (Lipinski definition) is 3. The maximum atomic E-state index is 14.0. The van der Waals surface area contributed by atoms with E-state index in [9.17, 15) is 14.7 Å². The lowest BCUT2D eigenvalue weighted by atomic mass is 10.00. The molecule has 0 aliphatic carbocycles. The number of nitrogens with one attached hydrogen (secondary N) is 1. The van der Waals surface area contributed by atoms with E-state index in [1.807, 2.05) is 51.1 Å². The van der Waals surface area contributed by atoms with Crippen LogP contribution in [0.5, 0.6) is 11.5 Å². The van der Waals surface area contributed by atoms with Gasteiger partial charge in [0.15, 0.2) is 11.5 Å². The highest BCUT2D eigenvalue weighted by atomic mass is 16.5. The lowest BCUT2D eigenvalue weighted by Gasteiger charge is -2.31. The van der Waals surface area contributed by atoms with Crippen molar-refractivity contribution in [2.24, 2.45) is 5.84 Å². The summed E-state index contributed by atoms with van der Waals surface area (Å²) >= 11 is 0. The normalized spacial score (nSPS) is 12.5. The third kappa shape index (κ3) is 6.86. The molecule has 4 aromatic rings. The van der Waals surface area contributed by atoms with E-state index in [2.05, 4.69) is 10.3 Å². The van der Waals surface area contributed by atoms with Gasteiger partial charge in [0.1, 0.15) is 6.04 Å². The first-order chi connectivity index (χ1) is 19.3. The molecule has 3 aromatic carbocycles. The predicted molar refractivity (Wildman–Crippen MR) is 154 cm³/mol. The second-order valence-corrected chi connectivity index (χ2v) is 9.59. The van der Waals surface area contributed by atoms with Gasteiger partial charge in [-0.25, -0.2) is 5.84 Å². The molecule has 4 rings (SSSR count). The van der Waals surface area contributed by atoms with E-state index in [4.69, 9.17) is 15.3 Å². The number of pyridine rings is 1. The Morgan fingerprint density at radius 2 is 1.75 bits per heavy atom. The van der Waals surface area contributed by atoms with Gasteiger partial charge in [-0.15, -0.1) is 0 Å². The van der Waals surface area contributed by atoms with Crippen molar-refractivity contribution in [3.63, 3.8) is 0 Å². The fourth-order valence-electron chi connectivity index (χ4n) is 4.50. The molecule has 0 aliphatic rings. The Morgan fingerprint density at radius 1 is 0.975 bits per heavy atom. The number of carbonyl (C=O) groups excluding carboxylic acids is 1. The highest BCUT2D eigenvalue weighted by molar-refractivity contribution is 5.90. The molecule has 9 nitrogen and oxygen atoms in total. The molecule has 1 amide bonds. The number of nitrogens with two attached hydrogens (primary N) is 1. The molecule has 40 heavy (non-hydrogen) atoms. The van der Waals surface area contributed by atoms with Crippen LogP contribution < -0.4 is 25.6 Å². The van der Waals surface area contributed by atoms with Crippen LogP contribution in [-0.4, -0.2) is 34.7 Å². The van der Waals surface area contributed by atoms with Gasteiger partial charge in [-0.1, -0.05) is 42.5 Å². The summed E-state index contributed by atoms with van der Waals surface area (Å²) in [5, 5.41) is 15.7. The highest BCUT2D eigenvalue weighted by Gasteiger charge is 2.30. The summed E-state index contributed by atoms with van der Waals surface area (Å²) in [6, 6.07) is 19.9. The zero-order chi connectivity index (χ0) is 28.6. The second-order valence-electron chi connectivity index (χ2n) is 9.59. The van der Waals surface area contributed by atoms with Crippen LogP contribution in [0.1, 0.15) is 50.4 Å². The van der Waals surface area contributed by atoms with Gasteiger partial charge in [-0.05, 0) is 67.6 Å². The Balaban J connectivity index is 1.77. The number of ether oxygens (including phenoxy) is 2. The molecule has 1 aromatic heterocycles. The van der Waals surface area contributed by atoms with E-state index in [0.29, 0.717) is 34.9 Å². The van der Waals surface area contributed by atoms with Crippen molar-refractivity contribution in [2.75, 3.05) is 11.6 Å². The molecular weight excluding hydrogens is 508 g/mol. The summed E-state index contributed by atoms with van der Waals surface area (Å²) in [5.41, 5.74) is 1.82. The smallest absolute Gasteiger partial charge is 0.305 e. The zero-order valence-electron chi connectivity index (χ0n) is 22.8. The summed E-state index contributed by atoms with van der Waals surface area (Å²) in [7, 11) is 0. The van der Waals surface area contributed by atoms with Gasteiger partial charge in [0.05, 0.1) is 30.9 Å². The van der Waals surface area contributed by atoms with E-state index >= 15 is 0 Å². The van der Waals surface area contributed by atoms with Crippen LogP contribution in [0.15, 0.2) is 85.2 Å². The molecule has 1 heterocycles. The number of nitrogens with zero attached hydrogens (tertiary/aromatic N) is 2. The highest BCUT2D eigenvalue weighted by Crippen LogP contribution is 2.35. The summed E-state index contributed by atoms with van der Waals surface area (Å²) in [6.45, 7) is 6.10. The number of rotatable bonds is 12. The molecule has 0 spiro atoms. The molecule has 0 radical (unpaired) electrons. The molecule has 0 fully saturated rings. The molecule has 0 saturated carbocycles. The minimum absolute atomic E-state index is 0.0788. The lowest BCUT2D eigenvalue weighted by molar-refractivity contribution is -0.137. The largest absolute Gasteiger partial charge is 0.490 e. The summed E-state index contributed by atoms with van der Waals surface area (Å²) < 4.78 is 11.8. The van der Waals surface area contributed by atoms with Crippen molar-refractivity contribution < 1.29 is 24.2 Å². The van der Waals surface area contributed by atoms with Gasteiger partial charge in [-0.3, -0.25) is 19.6 Å². The number of anilines is 1. The molecule has 9 heteroatoms. The number of benzene rings is 3. The molecule has 1 unspecified atom stereocenters. The number of hydrogen-bond acceptors (Lipinski definition) is 7. The van der Waals surface area contributed by atoms with Gasteiger partial charge in [-0.2, -0.15) is 0 Å². The van der Waals surface area contributed by atoms with Crippen molar-refractivity contribution in [2.45, 2.75) is 45.4 Å². The maximum Gasteiger partial charge on any atom is 0.305 e. The number of amides is 1. The van der Waals surface area contributed by atoms with Crippen LogP contribution in [0.2, 0.25) is 0 Å². The van der Waals surface area contributed by atoms with E-state index in [1.165, 1.54) is 5.01 Å². The van der Waals surface area contributed by atoms with Crippen molar-refractivity contribution in [3.05, 3.63) is 96.3 Å². The van der Waals surface area contributed by atoms with Gasteiger partial charge in [0, 0.05) is 17.8 Å². The molecular formula is C31H34N4O5. The lowest BCUT2D eigenvalue weighted by Crippen LogP contribution is -2.45. The average molecular weight is 543 g/mol. The molecule has 4 N–H and O–H groups in total. The fourth-order valence-corrected chi connectivity index (χ4v) is 4.50. The standard InChI is InChI=1S/C31H34N4O5/c1-4-39-28-17-23(11-13-27(28)40-20(2)3)30(35(32)25-12-10-24-19-33-15-14-22(24)16-25)31(38)34-26(18-29(36)37)21-8-6-5-7-9-21/h5-17,19-20,26,30H,4,18,32H2,1-3H3,(H,34,38)(H,36,37)/t26-,30?/m0/s1. The van der Waals surface area contributed by atoms with Crippen LogP contribution >= 0.6 is 0 Å². The summed E-state index contributed by atoms with van der Waals surface area (Å²) in [5.74, 6) is 6.22. The number of carboxylic acid groups (broad SMARTS) is 1. The molecule has 2 atom stereocenters. The monoisotopic (exact) mass is 542 g/mol. The Kier molecular flexibility index (Phi) is 9.19. The van der Waals surface area contributed by atoms with Gasteiger partial charge < -0.3 is 19.9 Å². The van der Waals surface area contributed by atoms with Gasteiger partial charge >= 0.3 is 5.97 Å². The van der Waals surface area contributed by atoms with Crippen LogP contribution in [0.25, 0.3) is 10.8 Å². The average Bonchev–Trinajstić information content (AvgIpc) is 2.94. The van der Waals surface area contributed by atoms with Gasteiger partial charge in [0.25, 0.3) is 0 Å². The quantitative estimate of drug-likeness (QED) is 0.165. The molecule has 208 valence electrons. The van der Waals surface area contributed by atoms with Crippen molar-refractivity contribution >= 4 is 28.3 Å². The minimum atomic E-state index is -1.03. The van der Waals surface area contributed by atoms with Crippen molar-refractivity contribution in [1.82, 2.24) is 10.3 Å². The third-order valence-corrected chi connectivity index (χ3v) is 6.29. The number of aromatic nitrogens is 1. The SMILES string of the molecule is CCOc1cc(C(C(=O)N[C@@H](CC(=O)O)c2ccccc2)N(N)c2ccc3cnccc3c2)ccc1OC(C)C. The predicted octanol–water partition coefficient (Wildman–Crippen LogP) is 5.17. The summed E-state index contributed by atoms with van der Waals surface area (Å²) in [4.78, 5) is 29.9. The topological polar surface area (TPSA) is 127 Å². The fraction of sp³-hybridized carbons (Fsp3) is 0.258. The number of hydrazine groups is 1. The Bertz CT molecular complexity index is 1460. The Hall–Kier alpha value is -4.63. The third-order valence-electron chi connectivity index (χ3n) is 6.29.